The summed E-state index contributed by atoms with van der Waals surface area (Å²) in [4.78, 5) is 14.6. The van der Waals surface area contributed by atoms with Crippen molar-refractivity contribution in [3.05, 3.63) is 64.1 Å². The quantitative estimate of drug-likeness (QED) is 0.822. The van der Waals surface area contributed by atoms with Crippen LogP contribution < -0.4 is 10.2 Å². The average molecular weight is 312 g/mol. The van der Waals surface area contributed by atoms with E-state index in [-0.39, 0.29) is 5.43 Å². The number of hydrogen-bond donors (Lipinski definition) is 0. The number of hydrogen-bond acceptors (Lipinski definition) is 3. The lowest BCUT2D eigenvalue weighted by atomic mass is 10.2. The van der Waals surface area contributed by atoms with Crippen molar-refractivity contribution >= 4 is 0 Å². The monoisotopic (exact) mass is 312 g/mol. The molecule has 0 N–H and O–H groups in total. The van der Waals surface area contributed by atoms with Gasteiger partial charge < -0.3 is 14.2 Å². The fraction of sp³-hybridized carbons (Fsp3) is 0.421. The van der Waals surface area contributed by atoms with E-state index in [0.717, 1.165) is 24.3 Å². The van der Waals surface area contributed by atoms with Crippen molar-refractivity contribution in [1.82, 2.24) is 9.47 Å². The molecule has 4 heteroatoms. The fourth-order valence-electron chi connectivity index (χ4n) is 3.06. The van der Waals surface area contributed by atoms with E-state index in [0.29, 0.717) is 12.4 Å². The standard InChI is InChI=1S/C19H24N2O2/c1-16-19(23-15-17-7-3-2-4-8-17)18(22)9-12-21(16)14-13-20-10-5-6-11-20/h2-4,7-9,12H,5-6,10-11,13-15H2,1H3. The molecule has 0 aliphatic carbocycles. The van der Waals surface area contributed by atoms with Crippen LogP contribution in [-0.2, 0) is 13.2 Å². The number of rotatable bonds is 6. The van der Waals surface area contributed by atoms with Crippen molar-refractivity contribution in [2.45, 2.75) is 32.9 Å². The zero-order chi connectivity index (χ0) is 16.1. The first-order chi connectivity index (χ1) is 11.2. The molecule has 2 heterocycles. The second-order valence-corrected chi connectivity index (χ2v) is 6.11. The second-order valence-electron chi connectivity index (χ2n) is 6.11. The van der Waals surface area contributed by atoms with Crippen LogP contribution in [0.25, 0.3) is 0 Å². The van der Waals surface area contributed by atoms with Gasteiger partial charge in [-0.2, -0.15) is 0 Å². The maximum absolute atomic E-state index is 12.1. The summed E-state index contributed by atoms with van der Waals surface area (Å²) in [6.07, 6.45) is 4.48. The zero-order valence-corrected chi connectivity index (χ0v) is 13.7. The molecule has 0 spiro atoms. The average Bonchev–Trinajstić information content (AvgIpc) is 3.08. The van der Waals surface area contributed by atoms with Gasteiger partial charge in [0.2, 0.25) is 5.43 Å². The predicted molar refractivity (Wildman–Crippen MR) is 91.9 cm³/mol. The minimum absolute atomic E-state index is 0.0455. The molecular formula is C19H24N2O2. The van der Waals surface area contributed by atoms with E-state index in [4.69, 9.17) is 4.74 Å². The van der Waals surface area contributed by atoms with Gasteiger partial charge in [-0.3, -0.25) is 4.79 Å². The molecule has 2 aromatic rings. The van der Waals surface area contributed by atoms with Gasteiger partial charge in [-0.1, -0.05) is 30.3 Å². The summed E-state index contributed by atoms with van der Waals surface area (Å²) in [5.41, 5.74) is 1.93. The Morgan fingerprint density at radius 1 is 1.04 bits per heavy atom. The molecule has 1 fully saturated rings. The molecule has 4 nitrogen and oxygen atoms in total. The van der Waals surface area contributed by atoms with E-state index in [1.807, 2.05) is 43.5 Å². The van der Waals surface area contributed by atoms with E-state index >= 15 is 0 Å². The Morgan fingerprint density at radius 3 is 2.52 bits per heavy atom. The minimum Gasteiger partial charge on any atom is -0.483 e. The van der Waals surface area contributed by atoms with Crippen LogP contribution >= 0.6 is 0 Å². The summed E-state index contributed by atoms with van der Waals surface area (Å²) in [7, 11) is 0. The summed E-state index contributed by atoms with van der Waals surface area (Å²) in [5.74, 6) is 0.470. The first-order valence-electron chi connectivity index (χ1n) is 8.33. The second kappa shape index (κ2) is 7.47. The van der Waals surface area contributed by atoms with Gasteiger partial charge >= 0.3 is 0 Å². The predicted octanol–water partition coefficient (Wildman–Crippen LogP) is 2.83. The number of pyridine rings is 1. The molecule has 1 aliphatic heterocycles. The molecule has 0 unspecified atom stereocenters. The highest BCUT2D eigenvalue weighted by Gasteiger charge is 2.13. The molecule has 122 valence electrons. The first kappa shape index (κ1) is 15.8. The van der Waals surface area contributed by atoms with Crippen molar-refractivity contribution in [3.8, 4) is 5.75 Å². The minimum atomic E-state index is -0.0455. The van der Waals surface area contributed by atoms with Gasteiger partial charge in [0.05, 0.1) is 5.69 Å². The van der Waals surface area contributed by atoms with Gasteiger partial charge in [-0.25, -0.2) is 0 Å². The summed E-state index contributed by atoms with van der Waals surface area (Å²) in [6, 6.07) is 11.5. The molecule has 0 amide bonds. The number of aromatic nitrogens is 1. The summed E-state index contributed by atoms with van der Waals surface area (Å²) >= 11 is 0. The van der Waals surface area contributed by atoms with Crippen LogP contribution in [-0.4, -0.2) is 29.1 Å². The van der Waals surface area contributed by atoms with E-state index in [1.165, 1.54) is 25.9 Å². The molecule has 3 rings (SSSR count). The van der Waals surface area contributed by atoms with E-state index in [2.05, 4.69) is 9.47 Å². The Hall–Kier alpha value is -2.07. The number of ether oxygens (including phenoxy) is 1. The van der Waals surface area contributed by atoms with Crippen LogP contribution in [0.2, 0.25) is 0 Å². The molecule has 1 aromatic heterocycles. The van der Waals surface area contributed by atoms with Gasteiger partial charge in [0.15, 0.2) is 5.75 Å². The Labute approximate surface area is 137 Å². The summed E-state index contributed by atoms with van der Waals surface area (Å²) in [6.45, 7) is 6.70. The first-order valence-corrected chi connectivity index (χ1v) is 8.33. The van der Waals surface area contributed by atoms with Gasteiger partial charge in [0, 0.05) is 25.4 Å². The lowest BCUT2D eigenvalue weighted by Gasteiger charge is -2.19. The Balaban J connectivity index is 1.69. The zero-order valence-electron chi connectivity index (χ0n) is 13.7. The van der Waals surface area contributed by atoms with Crippen molar-refractivity contribution in [3.63, 3.8) is 0 Å². The third kappa shape index (κ3) is 4.02. The van der Waals surface area contributed by atoms with Crippen LogP contribution in [0.3, 0.4) is 0 Å². The van der Waals surface area contributed by atoms with Gasteiger partial charge in [-0.15, -0.1) is 0 Å². The van der Waals surface area contributed by atoms with Crippen molar-refractivity contribution in [1.29, 1.82) is 0 Å². The smallest absolute Gasteiger partial charge is 0.223 e. The van der Waals surface area contributed by atoms with Crippen molar-refractivity contribution < 1.29 is 4.74 Å². The molecule has 1 saturated heterocycles. The number of benzene rings is 1. The van der Waals surface area contributed by atoms with Crippen LogP contribution in [0.15, 0.2) is 47.4 Å². The molecule has 23 heavy (non-hydrogen) atoms. The molecule has 1 aromatic carbocycles. The molecule has 0 bridgehead atoms. The van der Waals surface area contributed by atoms with Crippen molar-refractivity contribution in [2.24, 2.45) is 0 Å². The van der Waals surface area contributed by atoms with E-state index in [1.54, 1.807) is 6.07 Å². The Kier molecular flexibility index (Phi) is 5.13. The number of likely N-dealkylation sites (tertiary alicyclic amines) is 1. The Morgan fingerprint density at radius 2 is 1.78 bits per heavy atom. The summed E-state index contributed by atoms with van der Waals surface area (Å²) in [5, 5.41) is 0. The van der Waals surface area contributed by atoms with Crippen LogP contribution in [0.1, 0.15) is 24.1 Å². The Bertz CT molecular complexity index is 688. The van der Waals surface area contributed by atoms with Crippen LogP contribution in [0.4, 0.5) is 0 Å². The topological polar surface area (TPSA) is 34.5 Å². The maximum Gasteiger partial charge on any atom is 0.223 e. The summed E-state index contributed by atoms with van der Waals surface area (Å²) < 4.78 is 7.94. The highest BCUT2D eigenvalue weighted by Crippen LogP contribution is 2.15. The van der Waals surface area contributed by atoms with Gasteiger partial charge in [0.1, 0.15) is 6.61 Å². The molecule has 0 radical (unpaired) electrons. The highest BCUT2D eigenvalue weighted by atomic mass is 16.5. The van der Waals surface area contributed by atoms with E-state index in [9.17, 15) is 4.79 Å². The molecule has 0 atom stereocenters. The lowest BCUT2D eigenvalue weighted by Crippen LogP contribution is -2.25. The third-order valence-electron chi connectivity index (χ3n) is 4.47. The number of nitrogens with zero attached hydrogens (tertiary/aromatic N) is 2. The third-order valence-corrected chi connectivity index (χ3v) is 4.47. The van der Waals surface area contributed by atoms with E-state index < -0.39 is 0 Å². The SMILES string of the molecule is Cc1c(OCc2ccccc2)c(=O)ccn1CCN1CCCC1. The van der Waals surface area contributed by atoms with Crippen LogP contribution in [0.5, 0.6) is 5.75 Å². The van der Waals surface area contributed by atoms with Crippen molar-refractivity contribution in [2.75, 3.05) is 19.6 Å². The highest BCUT2D eigenvalue weighted by molar-refractivity contribution is 5.28. The van der Waals surface area contributed by atoms with Gasteiger partial charge in [0.25, 0.3) is 0 Å². The van der Waals surface area contributed by atoms with Crippen LogP contribution in [0, 0.1) is 6.92 Å². The molecule has 0 saturated carbocycles. The normalized spacial score (nSPS) is 15.0. The molecule has 1 aliphatic rings. The maximum atomic E-state index is 12.1. The fourth-order valence-corrected chi connectivity index (χ4v) is 3.06. The largest absolute Gasteiger partial charge is 0.483 e. The molecular weight excluding hydrogens is 288 g/mol. The lowest BCUT2D eigenvalue weighted by molar-refractivity contribution is 0.291. The van der Waals surface area contributed by atoms with Gasteiger partial charge in [-0.05, 0) is 38.4 Å².